The number of H-pyrrole nitrogens is 1. The van der Waals surface area contributed by atoms with Crippen LogP contribution in [0.3, 0.4) is 0 Å². The fourth-order valence-electron chi connectivity index (χ4n) is 3.85. The number of anilines is 1. The molecule has 0 saturated carbocycles. The monoisotopic (exact) mass is 389 g/mol. The van der Waals surface area contributed by atoms with E-state index in [9.17, 15) is 13.2 Å². The first kappa shape index (κ1) is 18.7. The normalized spacial score (nSPS) is 17.7. The van der Waals surface area contributed by atoms with Crippen LogP contribution in [0.2, 0.25) is 0 Å². The quantitative estimate of drug-likeness (QED) is 0.666. The summed E-state index contributed by atoms with van der Waals surface area (Å²) in [6, 6.07) is 5.98. The predicted molar refractivity (Wildman–Crippen MR) is 102 cm³/mol. The van der Waals surface area contributed by atoms with Gasteiger partial charge in [0.05, 0.1) is 11.3 Å². The molecule has 1 N–H and O–H groups in total. The van der Waals surface area contributed by atoms with Gasteiger partial charge in [0, 0.05) is 24.7 Å². The van der Waals surface area contributed by atoms with E-state index in [2.05, 4.69) is 38.9 Å². The summed E-state index contributed by atoms with van der Waals surface area (Å²) in [7, 11) is 0. The van der Waals surface area contributed by atoms with Crippen LogP contribution < -0.4 is 4.90 Å². The van der Waals surface area contributed by atoms with Crippen molar-refractivity contribution in [2.45, 2.75) is 39.3 Å². The van der Waals surface area contributed by atoms with Crippen molar-refractivity contribution >= 4 is 16.9 Å². The standard InChI is InChI=1S/C20H22F3N5/c1-19(2)9-3-4-11-28(12-19)15-8-7-14(20(21,22)23)17(25-15)16-13-6-5-10-24-18(13)27-26-16/h5-8,10H,3-4,9,11-12H2,1-2H3,(H,24,26,27). The molecule has 0 spiro atoms. The molecule has 28 heavy (non-hydrogen) atoms. The molecule has 1 aliphatic heterocycles. The fourth-order valence-corrected chi connectivity index (χ4v) is 3.85. The lowest BCUT2D eigenvalue weighted by molar-refractivity contribution is -0.137. The van der Waals surface area contributed by atoms with Gasteiger partial charge in [-0.2, -0.15) is 18.3 Å². The topological polar surface area (TPSA) is 57.7 Å². The molecule has 5 nitrogen and oxygen atoms in total. The van der Waals surface area contributed by atoms with E-state index in [1.165, 1.54) is 6.07 Å². The van der Waals surface area contributed by atoms with Crippen LogP contribution in [0.25, 0.3) is 22.4 Å². The highest BCUT2D eigenvalue weighted by atomic mass is 19.4. The van der Waals surface area contributed by atoms with Gasteiger partial charge in [-0.15, -0.1) is 0 Å². The van der Waals surface area contributed by atoms with Gasteiger partial charge in [-0.05, 0) is 42.5 Å². The molecule has 0 bridgehead atoms. The van der Waals surface area contributed by atoms with Gasteiger partial charge in [0.1, 0.15) is 11.5 Å². The maximum atomic E-state index is 13.7. The Kier molecular flexibility index (Phi) is 4.51. The van der Waals surface area contributed by atoms with Crippen molar-refractivity contribution in [3.05, 3.63) is 36.0 Å². The van der Waals surface area contributed by atoms with E-state index in [0.29, 0.717) is 16.9 Å². The van der Waals surface area contributed by atoms with E-state index >= 15 is 0 Å². The number of pyridine rings is 2. The number of fused-ring (bicyclic) bond motifs is 1. The van der Waals surface area contributed by atoms with Crippen LogP contribution in [0.1, 0.15) is 38.7 Å². The average molecular weight is 389 g/mol. The Morgan fingerprint density at radius 3 is 2.75 bits per heavy atom. The minimum Gasteiger partial charge on any atom is -0.356 e. The Hall–Kier alpha value is -2.64. The summed E-state index contributed by atoms with van der Waals surface area (Å²) in [5.74, 6) is 0.560. The Bertz CT molecular complexity index is 993. The largest absolute Gasteiger partial charge is 0.418 e. The summed E-state index contributed by atoms with van der Waals surface area (Å²) in [6.45, 7) is 5.91. The zero-order valence-electron chi connectivity index (χ0n) is 15.8. The molecule has 1 saturated heterocycles. The summed E-state index contributed by atoms with van der Waals surface area (Å²) in [5.41, 5.74) is -0.214. The molecular formula is C20H22F3N5. The van der Waals surface area contributed by atoms with Crippen LogP contribution >= 0.6 is 0 Å². The highest BCUT2D eigenvalue weighted by Gasteiger charge is 2.36. The highest BCUT2D eigenvalue weighted by Crippen LogP contribution is 2.39. The third-order valence-electron chi connectivity index (χ3n) is 5.23. The smallest absolute Gasteiger partial charge is 0.356 e. The van der Waals surface area contributed by atoms with Gasteiger partial charge in [-0.25, -0.2) is 9.97 Å². The van der Waals surface area contributed by atoms with Crippen LogP contribution in [-0.4, -0.2) is 33.3 Å². The molecule has 148 valence electrons. The number of aromatic amines is 1. The molecule has 3 aromatic rings. The molecule has 1 aliphatic rings. The van der Waals surface area contributed by atoms with Crippen molar-refractivity contribution in [3.63, 3.8) is 0 Å². The first-order chi connectivity index (χ1) is 13.2. The summed E-state index contributed by atoms with van der Waals surface area (Å²) >= 11 is 0. The van der Waals surface area contributed by atoms with Crippen LogP contribution in [0.5, 0.6) is 0 Å². The summed E-state index contributed by atoms with van der Waals surface area (Å²) in [4.78, 5) is 10.7. The van der Waals surface area contributed by atoms with Gasteiger partial charge in [0.2, 0.25) is 0 Å². The second kappa shape index (κ2) is 6.76. The second-order valence-electron chi connectivity index (χ2n) is 8.08. The molecule has 4 heterocycles. The Morgan fingerprint density at radius 1 is 1.14 bits per heavy atom. The van der Waals surface area contributed by atoms with E-state index in [4.69, 9.17) is 0 Å². The average Bonchev–Trinajstić information content (AvgIpc) is 2.98. The number of alkyl halides is 3. The maximum Gasteiger partial charge on any atom is 0.418 e. The van der Waals surface area contributed by atoms with Crippen LogP contribution in [-0.2, 0) is 6.18 Å². The molecule has 3 aromatic heterocycles. The predicted octanol–water partition coefficient (Wildman–Crippen LogP) is 5.06. The second-order valence-corrected chi connectivity index (χ2v) is 8.08. The molecule has 0 aliphatic carbocycles. The van der Waals surface area contributed by atoms with Crippen LogP contribution in [0, 0.1) is 5.41 Å². The Morgan fingerprint density at radius 2 is 1.96 bits per heavy atom. The fraction of sp³-hybridized carbons (Fsp3) is 0.450. The summed E-state index contributed by atoms with van der Waals surface area (Å²) < 4.78 is 41.1. The molecule has 1 fully saturated rings. The lowest BCUT2D eigenvalue weighted by Crippen LogP contribution is -2.33. The van der Waals surface area contributed by atoms with Crippen molar-refractivity contribution in [1.82, 2.24) is 20.2 Å². The number of nitrogens with zero attached hydrogens (tertiary/aromatic N) is 4. The van der Waals surface area contributed by atoms with Crippen molar-refractivity contribution in [2.75, 3.05) is 18.0 Å². The summed E-state index contributed by atoms with van der Waals surface area (Å²) in [5, 5.41) is 7.27. The zero-order valence-corrected chi connectivity index (χ0v) is 15.8. The van der Waals surface area contributed by atoms with Crippen molar-refractivity contribution < 1.29 is 13.2 Å². The van der Waals surface area contributed by atoms with Gasteiger partial charge in [0.25, 0.3) is 0 Å². The molecule has 8 heteroatoms. The maximum absolute atomic E-state index is 13.7. The highest BCUT2D eigenvalue weighted by molar-refractivity contribution is 5.90. The first-order valence-electron chi connectivity index (χ1n) is 9.37. The van der Waals surface area contributed by atoms with Crippen molar-refractivity contribution in [3.8, 4) is 11.4 Å². The van der Waals surface area contributed by atoms with Crippen molar-refractivity contribution in [1.29, 1.82) is 0 Å². The van der Waals surface area contributed by atoms with Gasteiger partial charge < -0.3 is 4.90 Å². The lowest BCUT2D eigenvalue weighted by atomic mass is 9.88. The van der Waals surface area contributed by atoms with Crippen LogP contribution in [0.4, 0.5) is 19.0 Å². The van der Waals surface area contributed by atoms with Crippen LogP contribution in [0.15, 0.2) is 30.5 Å². The van der Waals surface area contributed by atoms with Crippen molar-refractivity contribution in [2.24, 2.45) is 5.41 Å². The van der Waals surface area contributed by atoms with E-state index < -0.39 is 11.7 Å². The number of nitrogens with one attached hydrogen (secondary N) is 1. The number of rotatable bonds is 2. The minimum atomic E-state index is -4.52. The van der Waals surface area contributed by atoms with Gasteiger partial charge >= 0.3 is 6.18 Å². The SMILES string of the molecule is CC1(C)CCCCN(c2ccc(C(F)(F)F)c(-c3[nH]nc4ncccc34)n2)C1. The van der Waals surface area contributed by atoms with E-state index in [1.807, 2.05) is 0 Å². The minimum absolute atomic E-state index is 0.0889. The molecule has 0 aromatic carbocycles. The first-order valence-corrected chi connectivity index (χ1v) is 9.37. The molecule has 0 atom stereocenters. The van der Waals surface area contributed by atoms with Gasteiger partial charge in [0.15, 0.2) is 5.65 Å². The van der Waals surface area contributed by atoms with Gasteiger partial charge in [-0.3, -0.25) is 5.10 Å². The molecule has 0 unspecified atom stereocenters. The molecule has 0 radical (unpaired) electrons. The molecule has 4 rings (SSSR count). The van der Waals surface area contributed by atoms with E-state index in [-0.39, 0.29) is 16.8 Å². The number of aromatic nitrogens is 4. The number of hydrogen-bond donors (Lipinski definition) is 1. The Labute approximate surface area is 161 Å². The third kappa shape index (κ3) is 3.55. The summed E-state index contributed by atoms with van der Waals surface area (Å²) in [6.07, 6.45) is 0.236. The number of halogens is 3. The lowest BCUT2D eigenvalue weighted by Gasteiger charge is -2.30. The number of hydrogen-bond acceptors (Lipinski definition) is 4. The van der Waals surface area contributed by atoms with Gasteiger partial charge in [-0.1, -0.05) is 20.3 Å². The molecule has 0 amide bonds. The van der Waals surface area contributed by atoms with E-state index in [0.717, 1.165) is 38.4 Å². The zero-order chi connectivity index (χ0) is 19.9. The third-order valence-corrected chi connectivity index (χ3v) is 5.23. The molecular weight excluding hydrogens is 367 g/mol. The van der Waals surface area contributed by atoms with E-state index in [1.54, 1.807) is 18.3 Å². The Balaban J connectivity index is 1.85.